The van der Waals surface area contributed by atoms with Crippen LogP contribution < -0.4 is 5.32 Å². The molecule has 0 fully saturated rings. The molecular formula is C19H27N3O. The number of amides is 1. The Morgan fingerprint density at radius 2 is 1.78 bits per heavy atom. The highest BCUT2D eigenvalue weighted by atomic mass is 16.1. The van der Waals surface area contributed by atoms with Crippen molar-refractivity contribution < 1.29 is 4.79 Å². The number of rotatable bonds is 5. The molecule has 1 amide bonds. The van der Waals surface area contributed by atoms with Crippen LogP contribution in [-0.4, -0.2) is 15.7 Å². The second-order valence-corrected chi connectivity index (χ2v) is 6.97. The van der Waals surface area contributed by atoms with Crippen LogP contribution in [0.4, 0.5) is 5.82 Å². The number of hydrogen-bond donors (Lipinski definition) is 1. The number of hydrogen-bond acceptors (Lipinski definition) is 2. The van der Waals surface area contributed by atoms with Crippen molar-refractivity contribution in [2.75, 3.05) is 5.32 Å². The topological polar surface area (TPSA) is 46.9 Å². The van der Waals surface area contributed by atoms with Crippen LogP contribution in [0.2, 0.25) is 0 Å². The second-order valence-electron chi connectivity index (χ2n) is 6.97. The Hall–Kier alpha value is -2.10. The van der Waals surface area contributed by atoms with E-state index in [-0.39, 0.29) is 11.4 Å². The highest BCUT2D eigenvalue weighted by Gasteiger charge is 2.19. The van der Waals surface area contributed by atoms with Crippen molar-refractivity contribution in [2.45, 2.75) is 59.4 Å². The Labute approximate surface area is 138 Å². The van der Waals surface area contributed by atoms with Crippen LogP contribution >= 0.6 is 0 Å². The monoisotopic (exact) mass is 313 g/mol. The van der Waals surface area contributed by atoms with Gasteiger partial charge in [-0.15, -0.1) is 0 Å². The van der Waals surface area contributed by atoms with Crippen molar-refractivity contribution in [2.24, 2.45) is 0 Å². The lowest BCUT2D eigenvalue weighted by Crippen LogP contribution is -2.26. The van der Waals surface area contributed by atoms with E-state index < -0.39 is 0 Å². The summed E-state index contributed by atoms with van der Waals surface area (Å²) in [5.41, 5.74) is 3.26. The van der Waals surface area contributed by atoms with E-state index in [0.29, 0.717) is 6.42 Å². The Kier molecular flexibility index (Phi) is 5.24. The summed E-state index contributed by atoms with van der Waals surface area (Å²) in [4.78, 5) is 12.2. The average molecular weight is 313 g/mol. The fourth-order valence-corrected chi connectivity index (χ4v) is 2.50. The molecule has 0 aliphatic carbocycles. The van der Waals surface area contributed by atoms with Crippen LogP contribution in [0.15, 0.2) is 30.3 Å². The molecule has 0 aliphatic rings. The van der Waals surface area contributed by atoms with E-state index in [1.807, 2.05) is 17.7 Å². The molecule has 1 N–H and O–H groups in total. The van der Waals surface area contributed by atoms with E-state index in [2.05, 4.69) is 62.4 Å². The van der Waals surface area contributed by atoms with Gasteiger partial charge in [0.1, 0.15) is 5.82 Å². The van der Waals surface area contributed by atoms with E-state index >= 15 is 0 Å². The van der Waals surface area contributed by atoms with Gasteiger partial charge in [0.15, 0.2) is 0 Å². The Balaban J connectivity index is 1.97. The Bertz CT molecular complexity index is 663. The van der Waals surface area contributed by atoms with Gasteiger partial charge in [0.25, 0.3) is 0 Å². The first-order valence-corrected chi connectivity index (χ1v) is 8.24. The molecule has 0 atom stereocenters. The Morgan fingerprint density at radius 3 is 2.35 bits per heavy atom. The van der Waals surface area contributed by atoms with Gasteiger partial charge in [0.2, 0.25) is 5.91 Å². The summed E-state index contributed by atoms with van der Waals surface area (Å²) in [5, 5.41) is 7.47. The van der Waals surface area contributed by atoms with Crippen LogP contribution in [0, 0.1) is 6.92 Å². The largest absolute Gasteiger partial charge is 0.311 e. The predicted molar refractivity (Wildman–Crippen MR) is 94.7 cm³/mol. The molecule has 0 saturated carbocycles. The SMILES string of the molecule is CCc1ccc(CCC(=O)Nc2cc(C)nn2C(C)(C)C)cc1. The smallest absolute Gasteiger partial charge is 0.225 e. The van der Waals surface area contributed by atoms with Gasteiger partial charge < -0.3 is 5.32 Å². The molecule has 2 rings (SSSR count). The van der Waals surface area contributed by atoms with Gasteiger partial charge in [-0.25, -0.2) is 4.68 Å². The van der Waals surface area contributed by atoms with Gasteiger partial charge in [-0.05, 0) is 51.7 Å². The minimum absolute atomic E-state index is 0.0231. The molecule has 0 spiro atoms. The molecule has 0 saturated heterocycles. The van der Waals surface area contributed by atoms with Crippen molar-refractivity contribution in [1.82, 2.24) is 9.78 Å². The molecule has 0 unspecified atom stereocenters. The third kappa shape index (κ3) is 4.68. The van der Waals surface area contributed by atoms with Crippen molar-refractivity contribution in [3.8, 4) is 0 Å². The molecule has 124 valence electrons. The van der Waals surface area contributed by atoms with Crippen LogP contribution in [0.3, 0.4) is 0 Å². The highest BCUT2D eigenvalue weighted by Crippen LogP contribution is 2.21. The van der Waals surface area contributed by atoms with Crippen LogP contribution in [0.5, 0.6) is 0 Å². The van der Waals surface area contributed by atoms with E-state index in [4.69, 9.17) is 0 Å². The molecule has 0 aliphatic heterocycles. The summed E-state index contributed by atoms with van der Waals surface area (Å²) < 4.78 is 1.87. The number of aryl methyl sites for hydroxylation is 3. The zero-order valence-electron chi connectivity index (χ0n) is 14.8. The molecule has 0 bridgehead atoms. The van der Waals surface area contributed by atoms with Gasteiger partial charge in [0.05, 0.1) is 11.2 Å². The van der Waals surface area contributed by atoms with Crippen molar-refractivity contribution in [3.05, 3.63) is 47.2 Å². The fourth-order valence-electron chi connectivity index (χ4n) is 2.50. The maximum absolute atomic E-state index is 12.2. The third-order valence-electron chi connectivity index (χ3n) is 3.81. The molecular weight excluding hydrogens is 286 g/mol. The number of anilines is 1. The molecule has 1 aromatic carbocycles. The quantitative estimate of drug-likeness (QED) is 0.904. The zero-order valence-corrected chi connectivity index (χ0v) is 14.8. The minimum Gasteiger partial charge on any atom is -0.311 e. The van der Waals surface area contributed by atoms with Gasteiger partial charge in [-0.3, -0.25) is 4.79 Å². The van der Waals surface area contributed by atoms with Gasteiger partial charge in [-0.2, -0.15) is 5.10 Å². The van der Waals surface area contributed by atoms with Gasteiger partial charge >= 0.3 is 0 Å². The summed E-state index contributed by atoms with van der Waals surface area (Å²) in [6, 6.07) is 10.4. The summed E-state index contributed by atoms with van der Waals surface area (Å²) >= 11 is 0. The summed E-state index contributed by atoms with van der Waals surface area (Å²) in [5.74, 6) is 0.788. The first kappa shape index (κ1) is 17.3. The normalized spacial score (nSPS) is 11.5. The fraction of sp³-hybridized carbons (Fsp3) is 0.474. The number of nitrogens with zero attached hydrogens (tertiary/aromatic N) is 2. The number of carbonyl (C=O) groups excluding carboxylic acids is 1. The number of carbonyl (C=O) groups is 1. The lowest BCUT2D eigenvalue weighted by molar-refractivity contribution is -0.116. The number of nitrogens with one attached hydrogen (secondary N) is 1. The van der Waals surface area contributed by atoms with E-state index in [1.54, 1.807) is 0 Å². The second kappa shape index (κ2) is 6.99. The summed E-state index contributed by atoms with van der Waals surface area (Å²) in [6.07, 6.45) is 2.26. The molecule has 4 heteroatoms. The molecule has 2 aromatic rings. The minimum atomic E-state index is -0.160. The third-order valence-corrected chi connectivity index (χ3v) is 3.81. The highest BCUT2D eigenvalue weighted by molar-refractivity contribution is 5.90. The predicted octanol–water partition coefficient (Wildman–Crippen LogP) is 4.08. The Morgan fingerprint density at radius 1 is 1.17 bits per heavy atom. The molecule has 0 radical (unpaired) electrons. The molecule has 23 heavy (non-hydrogen) atoms. The van der Waals surface area contributed by atoms with Crippen molar-refractivity contribution in [1.29, 1.82) is 0 Å². The lowest BCUT2D eigenvalue weighted by atomic mass is 10.1. The van der Waals surface area contributed by atoms with Crippen LogP contribution in [0.25, 0.3) is 0 Å². The average Bonchev–Trinajstić information content (AvgIpc) is 2.86. The number of benzene rings is 1. The first-order chi connectivity index (χ1) is 10.8. The first-order valence-electron chi connectivity index (χ1n) is 8.24. The summed E-state index contributed by atoms with van der Waals surface area (Å²) in [6.45, 7) is 10.3. The van der Waals surface area contributed by atoms with Crippen LogP contribution in [0.1, 0.15) is 50.9 Å². The van der Waals surface area contributed by atoms with Crippen molar-refractivity contribution >= 4 is 11.7 Å². The molecule has 4 nitrogen and oxygen atoms in total. The lowest BCUT2D eigenvalue weighted by Gasteiger charge is -2.22. The van der Waals surface area contributed by atoms with Gasteiger partial charge in [-0.1, -0.05) is 31.2 Å². The maximum Gasteiger partial charge on any atom is 0.225 e. The summed E-state index contributed by atoms with van der Waals surface area (Å²) in [7, 11) is 0. The van der Waals surface area contributed by atoms with E-state index in [9.17, 15) is 4.79 Å². The molecule has 1 heterocycles. The molecule has 1 aromatic heterocycles. The van der Waals surface area contributed by atoms with Crippen molar-refractivity contribution in [3.63, 3.8) is 0 Å². The zero-order chi connectivity index (χ0) is 17.0. The van der Waals surface area contributed by atoms with E-state index in [1.165, 1.54) is 11.1 Å². The standard InChI is InChI=1S/C19H27N3O/c1-6-15-7-9-16(10-8-15)11-12-18(23)20-17-13-14(2)21-22(17)19(3,4)5/h7-10,13H,6,11-12H2,1-5H3,(H,20,23). The van der Waals surface area contributed by atoms with E-state index in [0.717, 1.165) is 24.4 Å². The van der Waals surface area contributed by atoms with Crippen LogP contribution in [-0.2, 0) is 23.2 Å². The maximum atomic E-state index is 12.2. The number of aromatic nitrogens is 2. The van der Waals surface area contributed by atoms with Gasteiger partial charge in [0, 0.05) is 12.5 Å².